The van der Waals surface area contributed by atoms with Gasteiger partial charge in [0.25, 0.3) is 11.8 Å². The number of carbonyl (C=O) groups excluding carboxylic acids is 6. The zero-order chi connectivity index (χ0) is 53.6. The first kappa shape index (κ1) is 56.0. The minimum Gasteiger partial charge on any atom is -0.367 e. The van der Waals surface area contributed by atoms with Gasteiger partial charge in [-0.05, 0) is 98.5 Å². The van der Waals surface area contributed by atoms with Gasteiger partial charge in [-0.15, -0.1) is 10.2 Å². The Hall–Kier alpha value is -6.74. The number of aryl methyl sites for hydroxylation is 1. The van der Waals surface area contributed by atoms with Gasteiger partial charge in [-0.3, -0.25) is 53.7 Å². The number of benzene rings is 2. The lowest BCUT2D eigenvalue weighted by atomic mass is 9.87. The molecule has 21 heteroatoms. The Morgan fingerprint density at radius 1 is 0.907 bits per heavy atom. The highest BCUT2D eigenvalue weighted by Gasteiger charge is 2.44. The Labute approximate surface area is 435 Å². The van der Waals surface area contributed by atoms with Crippen LogP contribution in [0.2, 0.25) is 0 Å². The van der Waals surface area contributed by atoms with Crippen LogP contribution in [0.15, 0.2) is 78.0 Å². The first-order chi connectivity index (χ1) is 36.1. The molecule has 3 aromatic rings. The van der Waals surface area contributed by atoms with E-state index in [9.17, 15) is 41.9 Å². The van der Waals surface area contributed by atoms with E-state index in [4.69, 9.17) is 0 Å². The van der Waals surface area contributed by atoms with Gasteiger partial charge < -0.3 is 19.7 Å². The number of halogens is 4. The Morgan fingerprint density at radius 2 is 1.61 bits per heavy atom. The number of hydrogen-bond acceptors (Lipinski definition) is 12. The van der Waals surface area contributed by atoms with Crippen LogP contribution < -0.4 is 20.4 Å². The second-order valence-electron chi connectivity index (χ2n) is 20.1. The highest BCUT2D eigenvalue weighted by atomic mass is 19.4. The molecule has 17 nitrogen and oxygen atoms in total. The average molecular weight is 1040 g/mol. The summed E-state index contributed by atoms with van der Waals surface area (Å²) >= 11 is 0. The first-order valence-electron chi connectivity index (χ1n) is 26.0. The number of aromatic nitrogens is 3. The van der Waals surface area contributed by atoms with Crippen LogP contribution in [0.3, 0.4) is 0 Å². The summed E-state index contributed by atoms with van der Waals surface area (Å²) in [5.74, 6) is -1.57. The van der Waals surface area contributed by atoms with Crippen molar-refractivity contribution >= 4 is 48.3 Å². The molecule has 0 bridgehead atoms. The molecule has 0 spiro atoms. The van der Waals surface area contributed by atoms with Gasteiger partial charge in [0.1, 0.15) is 24.0 Å². The van der Waals surface area contributed by atoms with E-state index in [1.165, 1.54) is 44.1 Å². The predicted octanol–water partition coefficient (Wildman–Crippen LogP) is 6.33. The largest absolute Gasteiger partial charge is 0.418 e. The van der Waals surface area contributed by atoms with Crippen LogP contribution in [0.5, 0.6) is 0 Å². The zero-order valence-corrected chi connectivity index (χ0v) is 43.1. The minimum atomic E-state index is -4.73. The maximum atomic E-state index is 15.7. The van der Waals surface area contributed by atoms with Gasteiger partial charge in [-0.25, -0.2) is 4.39 Å². The normalized spacial score (nSPS) is 18.8. The molecular formula is C54H69F4N11O6. The van der Waals surface area contributed by atoms with Crippen LogP contribution in [0.1, 0.15) is 110 Å². The third-order valence-electron chi connectivity index (χ3n) is 14.9. The number of alkyl halides is 3. The summed E-state index contributed by atoms with van der Waals surface area (Å²) in [5.41, 5.74) is 0.778. The number of hydrogen-bond donors (Lipinski definition) is 2. The number of imide groups is 2. The summed E-state index contributed by atoms with van der Waals surface area (Å²) in [6.07, 6.45) is 13.4. The van der Waals surface area contributed by atoms with E-state index >= 15 is 4.39 Å². The molecule has 1 saturated carbocycles. The highest BCUT2D eigenvalue weighted by Crippen LogP contribution is 2.38. The Balaban J connectivity index is 0.00000195. The number of fused-ring (bicyclic) bond motifs is 1. The fourth-order valence-corrected chi connectivity index (χ4v) is 10.2. The smallest absolute Gasteiger partial charge is 0.367 e. The Bertz CT molecular complexity index is 2590. The summed E-state index contributed by atoms with van der Waals surface area (Å²) in [6.45, 7) is 6.76. The predicted molar refractivity (Wildman–Crippen MR) is 274 cm³/mol. The second kappa shape index (κ2) is 26.2. The van der Waals surface area contributed by atoms with Crippen molar-refractivity contribution in [1.82, 2.24) is 45.0 Å². The second-order valence-corrected chi connectivity index (χ2v) is 20.1. The van der Waals surface area contributed by atoms with Crippen molar-refractivity contribution in [3.8, 4) is 0 Å². The number of piperidine rings is 1. The molecule has 2 saturated heterocycles. The molecule has 8 rings (SSSR count). The van der Waals surface area contributed by atoms with Crippen LogP contribution in [0.25, 0.3) is 0 Å². The lowest BCUT2D eigenvalue weighted by molar-refractivity contribution is -0.128. The number of amides is 6. The third kappa shape index (κ3) is 14.4. The van der Waals surface area contributed by atoms with Gasteiger partial charge in [0.15, 0.2) is 0 Å². The standard InChI is InChI=1S/C50H61F4N11O6.C4H8/c1-4-6-43(47(69)56-32-67)65-48(70)39-24-42(51)44(25-40(39)49(65)71)63-19-17-62(18-20-63)26-35(11-14-55-31-66)10-9-34-12-15-61(16-13-34)27-37-22-41(50(52,53)54)45(64(28-37)33-68)29-59(2)38-8-5-7-36(21-38)23-46-58-57-30-60(46)3;1-2-4-3-1/h5,7-8,21-22,24-25,28-35,43H,4,6,9-20,23,26-27H2,1-3H3,(H,55,66)(H,56,67,69);1-4H2/b45-29-;. The van der Waals surface area contributed by atoms with Gasteiger partial charge in [-0.2, -0.15) is 13.2 Å². The maximum Gasteiger partial charge on any atom is 0.418 e. The summed E-state index contributed by atoms with van der Waals surface area (Å²) in [7, 11) is 3.47. The maximum absolute atomic E-state index is 15.7. The van der Waals surface area contributed by atoms with Crippen molar-refractivity contribution < 1.29 is 46.3 Å². The molecule has 6 amide bonds. The summed E-state index contributed by atoms with van der Waals surface area (Å²) in [6, 6.07) is 8.57. The first-order valence-corrected chi connectivity index (χ1v) is 26.0. The van der Waals surface area contributed by atoms with E-state index < -0.39 is 41.3 Å². The van der Waals surface area contributed by atoms with Gasteiger partial charge >= 0.3 is 6.18 Å². The number of carbonyl (C=O) groups is 6. The van der Waals surface area contributed by atoms with E-state index in [2.05, 4.69) is 25.3 Å². The molecule has 2 unspecified atom stereocenters. The Morgan fingerprint density at radius 3 is 2.23 bits per heavy atom. The lowest BCUT2D eigenvalue weighted by Crippen LogP contribution is -2.49. The third-order valence-corrected chi connectivity index (χ3v) is 14.9. The summed E-state index contributed by atoms with van der Waals surface area (Å²) in [4.78, 5) is 83.5. The molecule has 2 N–H and O–H groups in total. The molecule has 2 atom stereocenters. The lowest BCUT2D eigenvalue weighted by Gasteiger charge is -2.38. The molecule has 1 aromatic heterocycles. The topological polar surface area (TPSA) is 177 Å². The fraction of sp³-hybridized carbons (Fsp3) is 0.519. The van der Waals surface area contributed by atoms with Gasteiger partial charge in [-0.1, -0.05) is 57.6 Å². The number of allylic oxidation sites excluding steroid dienone is 1. The monoisotopic (exact) mass is 1040 g/mol. The van der Waals surface area contributed by atoms with Crippen molar-refractivity contribution in [2.75, 3.05) is 75.8 Å². The Kier molecular flexibility index (Phi) is 19.5. The minimum absolute atomic E-state index is 0.00538. The average Bonchev–Trinajstić information content (AvgIpc) is 3.88. The van der Waals surface area contributed by atoms with Gasteiger partial charge in [0, 0.05) is 84.4 Å². The van der Waals surface area contributed by atoms with Crippen LogP contribution in [0, 0.1) is 17.7 Å². The molecule has 404 valence electrons. The van der Waals surface area contributed by atoms with Crippen molar-refractivity contribution in [2.24, 2.45) is 18.9 Å². The quantitative estimate of drug-likeness (QED) is 0.0496. The summed E-state index contributed by atoms with van der Waals surface area (Å²) in [5, 5.41) is 12.8. The van der Waals surface area contributed by atoms with Crippen molar-refractivity contribution in [2.45, 2.75) is 96.2 Å². The van der Waals surface area contributed by atoms with Gasteiger partial charge in [0.05, 0.1) is 28.1 Å². The van der Waals surface area contributed by atoms with E-state index in [1.807, 2.05) is 35.5 Å². The number of likely N-dealkylation sites (tertiary alicyclic amines) is 1. The number of anilines is 2. The van der Waals surface area contributed by atoms with Gasteiger partial charge in [0.2, 0.25) is 25.1 Å². The van der Waals surface area contributed by atoms with Crippen molar-refractivity contribution in [1.29, 1.82) is 0 Å². The van der Waals surface area contributed by atoms with Crippen LogP contribution in [0.4, 0.5) is 28.9 Å². The number of rotatable bonds is 22. The molecular weight excluding hydrogens is 975 g/mol. The number of nitrogens with one attached hydrogen (secondary N) is 2. The van der Waals surface area contributed by atoms with Crippen molar-refractivity contribution in [3.63, 3.8) is 0 Å². The molecule has 4 aliphatic heterocycles. The molecule has 1 aliphatic carbocycles. The fourth-order valence-electron chi connectivity index (χ4n) is 10.2. The molecule has 5 aliphatic rings. The van der Waals surface area contributed by atoms with E-state index in [1.54, 1.807) is 35.8 Å². The number of piperazine rings is 1. The van der Waals surface area contributed by atoms with Crippen LogP contribution >= 0.6 is 0 Å². The van der Waals surface area contributed by atoms with Crippen molar-refractivity contribution in [3.05, 3.63) is 106 Å². The van der Waals surface area contributed by atoms with E-state index in [0.717, 1.165) is 72.0 Å². The van der Waals surface area contributed by atoms with Crippen LogP contribution in [-0.4, -0.2) is 149 Å². The van der Waals surface area contributed by atoms with Crippen LogP contribution in [-0.2, 0) is 32.6 Å². The van der Waals surface area contributed by atoms with E-state index in [-0.39, 0.29) is 47.8 Å². The molecule has 3 fully saturated rings. The molecule has 0 radical (unpaired) electrons. The highest BCUT2D eigenvalue weighted by molar-refractivity contribution is 6.23. The molecule has 75 heavy (non-hydrogen) atoms. The molecule has 2 aromatic carbocycles. The van der Waals surface area contributed by atoms with E-state index in [0.29, 0.717) is 88.7 Å². The number of nitrogens with zero attached hydrogens (tertiary/aromatic N) is 9. The zero-order valence-electron chi connectivity index (χ0n) is 43.1. The summed E-state index contributed by atoms with van der Waals surface area (Å²) < 4.78 is 61.6. The molecule has 5 heterocycles. The SMILES string of the molecule is C1CCC1.CCCC(C(=O)NC=O)N1C(=O)c2cc(F)c(N3CCN(CC(CCNC=O)CCC4CCN(CC5=CN(C=O)/C(=C\N(C)c6cccc(Cc7nncn7C)c6)C(C(F)(F)F)=C5)CC4)CC3)cc2C1=O.